The van der Waals surface area contributed by atoms with Crippen LogP contribution in [-0.2, 0) is 22.8 Å². The molecular formula is Al6CeLaO12. The van der Waals surface area contributed by atoms with E-state index < -0.39 is 92.9 Å². The summed E-state index contributed by atoms with van der Waals surface area (Å²) in [5.41, 5.74) is 0. The van der Waals surface area contributed by atoms with E-state index >= 15 is 0 Å². The van der Waals surface area contributed by atoms with Gasteiger partial charge in [0.1, 0.15) is 0 Å². The molecule has 0 spiro atoms. The third kappa shape index (κ3) is 782. The number of hydrogen-bond donors (Lipinski definition) is 0. The molecule has 1 radical (unpaired) electrons. The van der Waals surface area contributed by atoms with Gasteiger partial charge in [-0.15, -0.1) is 0 Å². The van der Waals surface area contributed by atoms with Crippen LogP contribution in [0.4, 0.5) is 0 Å². The molecule has 0 aromatic rings. The third-order valence-corrected chi connectivity index (χ3v) is 0. The first kappa shape index (κ1) is 49.5. The first-order valence-corrected chi connectivity index (χ1v) is 8.49. The van der Waals surface area contributed by atoms with Gasteiger partial charge in [-0.3, -0.25) is 0 Å². The van der Waals surface area contributed by atoms with Crippen molar-refractivity contribution < 1.29 is 125 Å². The van der Waals surface area contributed by atoms with Crippen LogP contribution in [0, 0.1) is 77.3 Å². The Bertz CT molecular complexity index is 119. The number of rotatable bonds is 0. The van der Waals surface area contributed by atoms with E-state index in [1.54, 1.807) is 0 Å². The fourth-order valence-corrected chi connectivity index (χ4v) is 0. The van der Waals surface area contributed by atoms with Crippen LogP contribution in [0.3, 0.4) is 0 Å². The Balaban J connectivity index is -0.0000000141. The molecule has 20 heteroatoms. The molecule has 0 N–H and O–H groups in total. The molecule has 97 valence electrons. The topological polar surface area (TPSA) is 241 Å². The van der Waals surface area contributed by atoms with Gasteiger partial charge in [0.2, 0.25) is 0 Å². The second kappa shape index (κ2) is 116. The van der Waals surface area contributed by atoms with Crippen molar-refractivity contribution in [2.75, 3.05) is 0 Å². The first-order valence-electron chi connectivity index (χ1n) is 2.83. The molecule has 0 aliphatic heterocycles. The van der Waals surface area contributed by atoms with Gasteiger partial charge in [-0.2, -0.15) is 0 Å². The van der Waals surface area contributed by atoms with Gasteiger partial charge in [0.25, 0.3) is 0 Å². The standard InChI is InChI=1S/6Al.Ce.La.12O/q;;;;;;2*+3;;;;;;;6*-1. The Labute approximate surface area is 213 Å². The molecular weight excluding hydrogens is 633 g/mol. The van der Waals surface area contributed by atoms with Crippen LogP contribution in [0.2, 0.25) is 0 Å². The van der Waals surface area contributed by atoms with Gasteiger partial charge in [-0.1, -0.05) is 0 Å². The molecule has 0 fully saturated rings. The van der Waals surface area contributed by atoms with E-state index in [1.165, 1.54) is 0 Å². The summed E-state index contributed by atoms with van der Waals surface area (Å²) in [6.45, 7) is 0. The van der Waals surface area contributed by atoms with Gasteiger partial charge >= 0.3 is 218 Å². The molecule has 0 amide bonds. The van der Waals surface area contributed by atoms with Gasteiger partial charge in [0.05, 0.1) is 0 Å². The minimum absolute atomic E-state index is 0. The van der Waals surface area contributed by atoms with Crippen molar-refractivity contribution >= 4 is 92.9 Å². The van der Waals surface area contributed by atoms with Crippen molar-refractivity contribution in [1.82, 2.24) is 0 Å². The predicted octanol–water partition coefficient (Wildman–Crippen LogP) is -10.1. The van der Waals surface area contributed by atoms with Crippen LogP contribution >= 0.6 is 0 Å². The van der Waals surface area contributed by atoms with E-state index in [1.807, 2.05) is 0 Å². The summed E-state index contributed by atoms with van der Waals surface area (Å²) in [7, 11) is 0. The average molecular weight is 633 g/mol. The van der Waals surface area contributed by atoms with Gasteiger partial charge in [-0.05, 0) is 0 Å². The van der Waals surface area contributed by atoms with Crippen molar-refractivity contribution in [3.63, 3.8) is 0 Å². The SMILES string of the molecule is [Ce+3].[La+3].[O]=[Al][O-].[O]=[Al][O-].[O]=[Al][O-].[O]=[Al][O-].[O]=[Al][O-].[O]=[Al][O-]. The van der Waals surface area contributed by atoms with Crippen LogP contribution in [0.15, 0.2) is 0 Å². The Morgan fingerprint density at radius 3 is 0.400 bits per heavy atom. The van der Waals surface area contributed by atoms with Crippen LogP contribution in [0.1, 0.15) is 0 Å². The van der Waals surface area contributed by atoms with Crippen molar-refractivity contribution in [3.8, 4) is 0 Å². The van der Waals surface area contributed by atoms with Gasteiger partial charge in [0, 0.05) is 0 Å². The van der Waals surface area contributed by atoms with E-state index in [-0.39, 0.29) is 77.3 Å². The second-order valence-corrected chi connectivity index (χ2v) is 1.73. The van der Waals surface area contributed by atoms with Crippen LogP contribution in [0.25, 0.3) is 0 Å². The molecule has 0 saturated heterocycles. The number of hydrogen-bond acceptors (Lipinski definition) is 12. The Morgan fingerprint density at radius 2 is 0.400 bits per heavy atom. The molecule has 0 aliphatic carbocycles. The van der Waals surface area contributed by atoms with Crippen LogP contribution in [-0.4, -0.2) is 92.9 Å². The van der Waals surface area contributed by atoms with Crippen molar-refractivity contribution in [1.29, 1.82) is 0 Å². The molecule has 0 heterocycles. The molecule has 12 nitrogen and oxygen atoms in total. The predicted molar refractivity (Wildman–Crippen MR) is 38.6 cm³/mol. The average Bonchev–Trinajstić information content (AvgIpc) is 2.23. The van der Waals surface area contributed by atoms with Crippen molar-refractivity contribution in [2.24, 2.45) is 0 Å². The van der Waals surface area contributed by atoms with E-state index in [4.69, 9.17) is 47.8 Å². The molecule has 0 rings (SSSR count). The van der Waals surface area contributed by atoms with Crippen molar-refractivity contribution in [3.05, 3.63) is 0 Å². The summed E-state index contributed by atoms with van der Waals surface area (Å²) < 4.78 is 101. The molecule has 0 bridgehead atoms. The summed E-state index contributed by atoms with van der Waals surface area (Å²) in [4.78, 5) is 0. The van der Waals surface area contributed by atoms with Crippen LogP contribution < -0.4 is 24.9 Å². The van der Waals surface area contributed by atoms with E-state index in [0.717, 1.165) is 0 Å². The molecule has 0 saturated carbocycles. The minimum atomic E-state index is -1.75. The first-order chi connectivity index (χ1) is 8.49. The van der Waals surface area contributed by atoms with Gasteiger partial charge in [0.15, 0.2) is 0 Å². The monoisotopic (exact) mass is 633 g/mol. The van der Waals surface area contributed by atoms with Crippen LogP contribution in [0.5, 0.6) is 0 Å². The van der Waals surface area contributed by atoms with Crippen molar-refractivity contribution in [2.45, 2.75) is 0 Å². The molecule has 0 unspecified atom stereocenters. The van der Waals surface area contributed by atoms with E-state index in [9.17, 15) is 0 Å². The molecule has 0 aromatic heterocycles. The molecule has 0 atom stereocenters. The third-order valence-electron chi connectivity index (χ3n) is 0. The maximum absolute atomic E-state index is 8.46. The second-order valence-electron chi connectivity index (χ2n) is 0.577. The quantitative estimate of drug-likeness (QED) is 0.226. The van der Waals surface area contributed by atoms with Gasteiger partial charge < -0.3 is 0 Å². The summed E-state index contributed by atoms with van der Waals surface area (Å²) in [5, 5.41) is 0. The van der Waals surface area contributed by atoms with Gasteiger partial charge in [-0.25, -0.2) is 0 Å². The summed E-state index contributed by atoms with van der Waals surface area (Å²) >= 11 is -10.5. The van der Waals surface area contributed by atoms with E-state index in [0.29, 0.717) is 0 Å². The normalized spacial score (nSPS) is 2.40. The fourth-order valence-electron chi connectivity index (χ4n) is 0. The Kier molecular flexibility index (Phi) is 288. The molecule has 0 aromatic carbocycles. The zero-order valence-electron chi connectivity index (χ0n) is 9.44. The summed E-state index contributed by atoms with van der Waals surface area (Å²) in [6, 6.07) is 0. The Hall–Kier alpha value is 3.37. The zero-order valence-corrected chi connectivity index (χ0v) is 23.1. The molecule has 20 heavy (non-hydrogen) atoms. The van der Waals surface area contributed by atoms with E-state index in [2.05, 4.69) is 0 Å². The Morgan fingerprint density at radius 1 is 0.400 bits per heavy atom. The summed E-state index contributed by atoms with van der Waals surface area (Å²) in [6.07, 6.45) is 0. The summed E-state index contributed by atoms with van der Waals surface area (Å²) in [5.74, 6) is 0. The zero-order chi connectivity index (χ0) is 16.2. The fraction of sp³-hybridized carbons (Fsp3) is 0. The maximum atomic E-state index is 8.46. The molecule has 0 aliphatic rings.